The zero-order chi connectivity index (χ0) is 22.6. The summed E-state index contributed by atoms with van der Waals surface area (Å²) in [6.45, 7) is 0.213. The Balaban J connectivity index is 1.52. The Morgan fingerprint density at radius 2 is 1.91 bits per heavy atom. The smallest absolute Gasteiger partial charge is 0.255 e. The van der Waals surface area contributed by atoms with E-state index < -0.39 is 23.6 Å². The first-order valence-corrected chi connectivity index (χ1v) is 10.1. The first-order chi connectivity index (χ1) is 15.3. The summed E-state index contributed by atoms with van der Waals surface area (Å²) in [7, 11) is 1.69. The van der Waals surface area contributed by atoms with Gasteiger partial charge in [-0.05, 0) is 36.2 Å². The quantitative estimate of drug-likeness (QED) is 0.640. The van der Waals surface area contributed by atoms with Crippen molar-refractivity contribution in [3.63, 3.8) is 0 Å². The van der Waals surface area contributed by atoms with Gasteiger partial charge in [0.2, 0.25) is 11.8 Å². The van der Waals surface area contributed by atoms with Crippen LogP contribution in [0.3, 0.4) is 0 Å². The minimum absolute atomic E-state index is 0.0849. The summed E-state index contributed by atoms with van der Waals surface area (Å²) in [5, 5.41) is 2.28. The standard InChI is InChI=1S/C23H18F2N4O3/c1-28-11-26-20(21(28)15-3-2-4-16(24)19(15)25)12-5-6-14-13(9-12)10-29(23(14)32)17-7-8-18(30)27-22(17)31/h2-6,9,11,17H,7-8,10H2,1H3,(H,27,30,31). The normalized spacial score (nSPS) is 18.2. The maximum absolute atomic E-state index is 14.5. The van der Waals surface area contributed by atoms with Crippen LogP contribution in [0, 0.1) is 11.6 Å². The highest BCUT2D eigenvalue weighted by molar-refractivity contribution is 6.05. The second kappa shape index (κ2) is 7.37. The molecule has 162 valence electrons. The van der Waals surface area contributed by atoms with Gasteiger partial charge in [0.1, 0.15) is 6.04 Å². The van der Waals surface area contributed by atoms with Crippen molar-refractivity contribution in [2.45, 2.75) is 25.4 Å². The number of nitrogens with one attached hydrogen (secondary N) is 1. The van der Waals surface area contributed by atoms with Crippen molar-refractivity contribution in [3.05, 3.63) is 65.5 Å². The van der Waals surface area contributed by atoms with E-state index in [9.17, 15) is 23.2 Å². The van der Waals surface area contributed by atoms with Gasteiger partial charge < -0.3 is 9.47 Å². The number of imidazole rings is 1. The number of hydrogen-bond donors (Lipinski definition) is 1. The van der Waals surface area contributed by atoms with Gasteiger partial charge in [-0.15, -0.1) is 0 Å². The summed E-state index contributed by atoms with van der Waals surface area (Å²) in [6.07, 6.45) is 1.97. The molecule has 1 saturated heterocycles. The molecule has 3 amide bonds. The van der Waals surface area contributed by atoms with Crippen molar-refractivity contribution < 1.29 is 23.2 Å². The fraction of sp³-hybridized carbons (Fsp3) is 0.217. The van der Waals surface area contributed by atoms with Crippen LogP contribution >= 0.6 is 0 Å². The number of carbonyl (C=O) groups excluding carboxylic acids is 3. The molecule has 1 N–H and O–H groups in total. The molecule has 32 heavy (non-hydrogen) atoms. The number of nitrogens with zero attached hydrogens (tertiary/aromatic N) is 3. The molecule has 3 aromatic rings. The molecule has 0 bridgehead atoms. The Morgan fingerprint density at radius 3 is 2.69 bits per heavy atom. The number of fused-ring (bicyclic) bond motifs is 1. The van der Waals surface area contributed by atoms with E-state index in [2.05, 4.69) is 10.3 Å². The molecule has 1 fully saturated rings. The van der Waals surface area contributed by atoms with Crippen LogP contribution in [-0.4, -0.2) is 38.2 Å². The number of amides is 3. The summed E-state index contributed by atoms with van der Waals surface area (Å²) in [5.74, 6) is -3.01. The van der Waals surface area contributed by atoms with Crippen LogP contribution in [0.15, 0.2) is 42.7 Å². The molecule has 2 aliphatic heterocycles. The lowest BCUT2D eigenvalue weighted by Crippen LogP contribution is -2.52. The highest BCUT2D eigenvalue weighted by Gasteiger charge is 2.39. The molecule has 2 aliphatic rings. The molecule has 0 spiro atoms. The Morgan fingerprint density at radius 1 is 1.09 bits per heavy atom. The van der Waals surface area contributed by atoms with Gasteiger partial charge in [-0.1, -0.05) is 12.1 Å². The molecule has 9 heteroatoms. The highest BCUT2D eigenvalue weighted by atomic mass is 19.2. The van der Waals surface area contributed by atoms with Crippen LogP contribution in [0.1, 0.15) is 28.8 Å². The number of hydrogen-bond acceptors (Lipinski definition) is 4. The topological polar surface area (TPSA) is 84.3 Å². The van der Waals surface area contributed by atoms with Crippen LogP contribution in [-0.2, 0) is 23.2 Å². The maximum Gasteiger partial charge on any atom is 0.255 e. The van der Waals surface area contributed by atoms with Gasteiger partial charge in [0.15, 0.2) is 11.6 Å². The van der Waals surface area contributed by atoms with Crippen LogP contribution in [0.2, 0.25) is 0 Å². The number of carbonyl (C=O) groups is 3. The lowest BCUT2D eigenvalue weighted by molar-refractivity contribution is -0.136. The zero-order valence-corrected chi connectivity index (χ0v) is 17.1. The van der Waals surface area contributed by atoms with Crippen molar-refractivity contribution in [3.8, 4) is 22.5 Å². The Kier molecular flexibility index (Phi) is 4.61. The van der Waals surface area contributed by atoms with Gasteiger partial charge in [-0.3, -0.25) is 19.7 Å². The molecule has 0 saturated carbocycles. The van der Waals surface area contributed by atoms with E-state index in [0.29, 0.717) is 28.1 Å². The van der Waals surface area contributed by atoms with E-state index in [-0.39, 0.29) is 36.8 Å². The highest BCUT2D eigenvalue weighted by Crippen LogP contribution is 2.36. The molecule has 2 aromatic carbocycles. The molecule has 3 heterocycles. The van der Waals surface area contributed by atoms with Gasteiger partial charge >= 0.3 is 0 Å². The van der Waals surface area contributed by atoms with Crippen LogP contribution in [0.5, 0.6) is 0 Å². The molecule has 1 unspecified atom stereocenters. The van der Waals surface area contributed by atoms with Crippen molar-refractivity contribution in [1.29, 1.82) is 0 Å². The van der Waals surface area contributed by atoms with Gasteiger partial charge in [0, 0.05) is 36.7 Å². The first-order valence-electron chi connectivity index (χ1n) is 10.1. The molecule has 5 rings (SSSR count). The first kappa shape index (κ1) is 20.0. The minimum atomic E-state index is -0.960. The second-order valence-electron chi connectivity index (χ2n) is 7.93. The van der Waals surface area contributed by atoms with E-state index in [4.69, 9.17) is 0 Å². The average Bonchev–Trinajstić information content (AvgIpc) is 3.30. The van der Waals surface area contributed by atoms with E-state index in [1.165, 1.54) is 23.4 Å². The number of halogens is 2. The molecule has 1 aromatic heterocycles. The number of aryl methyl sites for hydroxylation is 1. The summed E-state index contributed by atoms with van der Waals surface area (Å²) in [6, 6.07) is 8.40. The van der Waals surface area contributed by atoms with E-state index in [1.54, 1.807) is 29.8 Å². The van der Waals surface area contributed by atoms with E-state index in [0.717, 1.165) is 6.07 Å². The average molecular weight is 436 g/mol. The third kappa shape index (κ3) is 3.08. The van der Waals surface area contributed by atoms with E-state index >= 15 is 0 Å². The van der Waals surface area contributed by atoms with Crippen LogP contribution < -0.4 is 5.32 Å². The lowest BCUT2D eigenvalue weighted by atomic mass is 10.0. The summed E-state index contributed by atoms with van der Waals surface area (Å²) in [5.41, 5.74) is 2.75. The predicted molar refractivity (Wildman–Crippen MR) is 110 cm³/mol. The third-order valence-corrected chi connectivity index (χ3v) is 5.94. The number of rotatable bonds is 3. The molecule has 0 aliphatic carbocycles. The fourth-order valence-electron chi connectivity index (χ4n) is 4.37. The van der Waals surface area contributed by atoms with E-state index in [1.807, 2.05) is 0 Å². The Labute approximate surface area is 181 Å². The Hall–Kier alpha value is -3.88. The molecule has 7 nitrogen and oxygen atoms in total. The number of piperidine rings is 1. The summed E-state index contributed by atoms with van der Waals surface area (Å²) < 4.78 is 30.0. The summed E-state index contributed by atoms with van der Waals surface area (Å²) >= 11 is 0. The lowest BCUT2D eigenvalue weighted by Gasteiger charge is -2.29. The summed E-state index contributed by atoms with van der Waals surface area (Å²) in [4.78, 5) is 42.4. The SMILES string of the molecule is Cn1cnc(-c2ccc3c(c2)CN(C2CCC(=O)NC2=O)C3=O)c1-c1cccc(F)c1F. The Bertz CT molecular complexity index is 1300. The maximum atomic E-state index is 14.5. The number of aromatic nitrogens is 2. The largest absolute Gasteiger partial charge is 0.333 e. The molecule has 0 radical (unpaired) electrons. The van der Waals surface area contributed by atoms with Crippen molar-refractivity contribution in [1.82, 2.24) is 19.8 Å². The third-order valence-electron chi connectivity index (χ3n) is 5.94. The molecule has 1 atom stereocenters. The predicted octanol–water partition coefficient (Wildman–Crippen LogP) is 2.79. The van der Waals surface area contributed by atoms with Gasteiger partial charge in [0.25, 0.3) is 5.91 Å². The van der Waals surface area contributed by atoms with Crippen LogP contribution in [0.25, 0.3) is 22.5 Å². The van der Waals surface area contributed by atoms with Crippen molar-refractivity contribution in [2.24, 2.45) is 7.05 Å². The monoisotopic (exact) mass is 436 g/mol. The fourth-order valence-corrected chi connectivity index (χ4v) is 4.37. The van der Waals surface area contributed by atoms with Crippen molar-refractivity contribution in [2.75, 3.05) is 0 Å². The molecular weight excluding hydrogens is 418 g/mol. The van der Waals surface area contributed by atoms with Gasteiger partial charge in [-0.25, -0.2) is 13.8 Å². The number of imide groups is 1. The van der Waals surface area contributed by atoms with Crippen molar-refractivity contribution >= 4 is 17.7 Å². The number of benzene rings is 2. The zero-order valence-electron chi connectivity index (χ0n) is 17.1. The minimum Gasteiger partial charge on any atom is -0.333 e. The van der Waals surface area contributed by atoms with Crippen LogP contribution in [0.4, 0.5) is 8.78 Å². The molecular formula is C23H18F2N4O3. The van der Waals surface area contributed by atoms with Gasteiger partial charge in [-0.2, -0.15) is 0 Å². The second-order valence-corrected chi connectivity index (χ2v) is 7.93. The van der Waals surface area contributed by atoms with Gasteiger partial charge in [0.05, 0.1) is 17.7 Å².